The van der Waals surface area contributed by atoms with Gasteiger partial charge in [-0.05, 0) is 72.0 Å². The van der Waals surface area contributed by atoms with Gasteiger partial charge in [-0.1, -0.05) is 0 Å². The highest BCUT2D eigenvalue weighted by atomic mass is 127. The SMILES string of the molecule is CCNC(=NCCC1CCN(C)CC1)NC1CCN(C(=O)OCC)CC1.I. The topological polar surface area (TPSA) is 69.2 Å². The van der Waals surface area contributed by atoms with Crippen molar-refractivity contribution in [2.24, 2.45) is 10.9 Å². The van der Waals surface area contributed by atoms with Crippen molar-refractivity contribution >= 4 is 36.0 Å². The Labute approximate surface area is 181 Å². The Balaban J connectivity index is 0.00000364. The van der Waals surface area contributed by atoms with E-state index in [4.69, 9.17) is 9.73 Å². The maximum absolute atomic E-state index is 11.8. The second-order valence-corrected chi connectivity index (χ2v) is 7.40. The molecule has 27 heavy (non-hydrogen) atoms. The second kappa shape index (κ2) is 13.4. The monoisotopic (exact) mass is 495 g/mol. The number of nitrogens with zero attached hydrogens (tertiary/aromatic N) is 3. The number of nitrogens with one attached hydrogen (secondary N) is 2. The van der Waals surface area contributed by atoms with Gasteiger partial charge < -0.3 is 25.2 Å². The zero-order chi connectivity index (χ0) is 18.8. The van der Waals surface area contributed by atoms with Gasteiger partial charge in [0.2, 0.25) is 0 Å². The molecule has 1 amide bonds. The molecule has 0 aromatic rings. The quantitative estimate of drug-likeness (QED) is 0.337. The van der Waals surface area contributed by atoms with Crippen molar-refractivity contribution in [2.45, 2.75) is 52.0 Å². The summed E-state index contributed by atoms with van der Waals surface area (Å²) in [5.74, 6) is 1.72. The largest absolute Gasteiger partial charge is 0.450 e. The molecule has 2 fully saturated rings. The molecule has 0 radical (unpaired) electrons. The third-order valence-electron chi connectivity index (χ3n) is 5.35. The number of rotatable bonds is 6. The van der Waals surface area contributed by atoms with Gasteiger partial charge in [-0.25, -0.2) is 4.79 Å². The molecule has 0 unspecified atom stereocenters. The Hall–Kier alpha value is -0.770. The smallest absolute Gasteiger partial charge is 0.409 e. The third kappa shape index (κ3) is 8.85. The van der Waals surface area contributed by atoms with Crippen molar-refractivity contribution in [2.75, 3.05) is 52.9 Å². The van der Waals surface area contributed by atoms with E-state index in [1.807, 2.05) is 6.92 Å². The summed E-state index contributed by atoms with van der Waals surface area (Å²) in [6, 6.07) is 0.363. The maximum atomic E-state index is 11.8. The number of hydrogen-bond donors (Lipinski definition) is 2. The average Bonchev–Trinajstić information content (AvgIpc) is 2.64. The van der Waals surface area contributed by atoms with E-state index in [9.17, 15) is 4.79 Å². The lowest BCUT2D eigenvalue weighted by molar-refractivity contribution is 0.0963. The van der Waals surface area contributed by atoms with E-state index in [-0.39, 0.29) is 30.1 Å². The van der Waals surface area contributed by atoms with Crippen LogP contribution < -0.4 is 10.6 Å². The van der Waals surface area contributed by atoms with E-state index in [0.29, 0.717) is 12.6 Å². The fraction of sp³-hybridized carbons (Fsp3) is 0.895. The van der Waals surface area contributed by atoms with Crippen LogP contribution in [0.5, 0.6) is 0 Å². The highest BCUT2D eigenvalue weighted by molar-refractivity contribution is 14.0. The lowest BCUT2D eigenvalue weighted by Crippen LogP contribution is -2.50. The normalized spacial score (nSPS) is 20.1. The summed E-state index contributed by atoms with van der Waals surface area (Å²) in [5, 5.41) is 6.90. The standard InChI is InChI=1S/C19H37N5O2.HI/c1-4-20-18(21-11-6-16-7-12-23(3)13-8-16)22-17-9-14-24(15-10-17)19(25)26-5-2;/h16-17H,4-15H2,1-3H3,(H2,20,21,22);1H. The third-order valence-corrected chi connectivity index (χ3v) is 5.35. The highest BCUT2D eigenvalue weighted by Crippen LogP contribution is 2.19. The molecule has 2 aliphatic rings. The molecule has 0 saturated carbocycles. The van der Waals surface area contributed by atoms with E-state index >= 15 is 0 Å². The molecule has 0 atom stereocenters. The Kier molecular flexibility index (Phi) is 12.1. The minimum Gasteiger partial charge on any atom is -0.450 e. The van der Waals surface area contributed by atoms with Crippen LogP contribution >= 0.6 is 24.0 Å². The van der Waals surface area contributed by atoms with Crippen molar-refractivity contribution < 1.29 is 9.53 Å². The summed E-state index contributed by atoms with van der Waals surface area (Å²) >= 11 is 0. The van der Waals surface area contributed by atoms with Crippen LogP contribution in [-0.2, 0) is 4.74 Å². The van der Waals surface area contributed by atoms with Crippen LogP contribution in [0.15, 0.2) is 4.99 Å². The molecule has 2 aliphatic heterocycles. The fourth-order valence-electron chi connectivity index (χ4n) is 3.64. The number of carbonyl (C=O) groups excluding carboxylic acids is 1. The molecule has 0 spiro atoms. The van der Waals surface area contributed by atoms with Gasteiger partial charge in [-0.3, -0.25) is 4.99 Å². The zero-order valence-electron chi connectivity index (χ0n) is 17.2. The summed E-state index contributed by atoms with van der Waals surface area (Å²) in [5.41, 5.74) is 0. The van der Waals surface area contributed by atoms with Gasteiger partial charge in [0.1, 0.15) is 0 Å². The van der Waals surface area contributed by atoms with Crippen molar-refractivity contribution in [1.29, 1.82) is 0 Å². The van der Waals surface area contributed by atoms with Gasteiger partial charge in [-0.15, -0.1) is 24.0 Å². The Morgan fingerprint density at radius 2 is 1.78 bits per heavy atom. The minimum absolute atomic E-state index is 0. The van der Waals surface area contributed by atoms with Gasteiger partial charge >= 0.3 is 6.09 Å². The first-order valence-electron chi connectivity index (χ1n) is 10.3. The molecule has 158 valence electrons. The fourth-order valence-corrected chi connectivity index (χ4v) is 3.64. The number of amides is 1. The van der Waals surface area contributed by atoms with E-state index in [1.165, 1.54) is 32.4 Å². The molecule has 0 aromatic heterocycles. The molecule has 2 saturated heterocycles. The molecular formula is C19H38IN5O2. The molecule has 0 aliphatic carbocycles. The van der Waals surface area contributed by atoms with Crippen LogP contribution in [-0.4, -0.2) is 80.8 Å². The summed E-state index contributed by atoms with van der Waals surface area (Å²) in [6.07, 6.45) is 5.43. The molecule has 2 rings (SSSR count). The summed E-state index contributed by atoms with van der Waals surface area (Å²) in [7, 11) is 2.20. The van der Waals surface area contributed by atoms with Crippen LogP contribution in [0.2, 0.25) is 0 Å². The first kappa shape index (κ1) is 24.3. The van der Waals surface area contributed by atoms with E-state index in [2.05, 4.69) is 29.5 Å². The number of piperidine rings is 2. The Morgan fingerprint density at radius 3 is 2.37 bits per heavy atom. The molecule has 7 nitrogen and oxygen atoms in total. The van der Waals surface area contributed by atoms with Gasteiger partial charge in [0.25, 0.3) is 0 Å². The summed E-state index contributed by atoms with van der Waals surface area (Å²) in [6.45, 7) is 10.0. The molecule has 0 aromatic carbocycles. The molecule has 0 bridgehead atoms. The van der Waals surface area contributed by atoms with Gasteiger partial charge in [0.15, 0.2) is 5.96 Å². The number of halogens is 1. The van der Waals surface area contributed by atoms with Gasteiger partial charge in [0.05, 0.1) is 6.61 Å². The van der Waals surface area contributed by atoms with Crippen molar-refractivity contribution in [3.63, 3.8) is 0 Å². The first-order chi connectivity index (χ1) is 12.6. The van der Waals surface area contributed by atoms with Crippen LogP contribution in [0.3, 0.4) is 0 Å². The predicted molar refractivity (Wildman–Crippen MR) is 121 cm³/mol. The van der Waals surface area contributed by atoms with Gasteiger partial charge in [-0.2, -0.15) is 0 Å². The molecule has 8 heteroatoms. The Morgan fingerprint density at radius 1 is 1.11 bits per heavy atom. The van der Waals surface area contributed by atoms with E-state index < -0.39 is 0 Å². The number of aliphatic imine (C=N–C) groups is 1. The number of guanidine groups is 1. The van der Waals surface area contributed by atoms with Crippen molar-refractivity contribution in [1.82, 2.24) is 20.4 Å². The number of ether oxygens (including phenoxy) is 1. The second-order valence-electron chi connectivity index (χ2n) is 7.40. The number of carbonyl (C=O) groups is 1. The molecule has 2 N–H and O–H groups in total. The molecule has 2 heterocycles. The first-order valence-corrected chi connectivity index (χ1v) is 10.3. The van der Waals surface area contributed by atoms with Crippen LogP contribution in [0.25, 0.3) is 0 Å². The minimum atomic E-state index is -0.190. The van der Waals surface area contributed by atoms with Crippen LogP contribution in [0.4, 0.5) is 4.79 Å². The average molecular weight is 495 g/mol. The summed E-state index contributed by atoms with van der Waals surface area (Å²) in [4.78, 5) is 20.8. The van der Waals surface area contributed by atoms with Crippen LogP contribution in [0.1, 0.15) is 46.0 Å². The van der Waals surface area contributed by atoms with Crippen molar-refractivity contribution in [3.05, 3.63) is 0 Å². The highest BCUT2D eigenvalue weighted by Gasteiger charge is 2.24. The molecular weight excluding hydrogens is 457 g/mol. The van der Waals surface area contributed by atoms with Crippen molar-refractivity contribution in [3.8, 4) is 0 Å². The number of likely N-dealkylation sites (tertiary alicyclic amines) is 2. The van der Waals surface area contributed by atoms with Gasteiger partial charge in [0, 0.05) is 32.2 Å². The number of hydrogen-bond acceptors (Lipinski definition) is 4. The Bertz CT molecular complexity index is 447. The lowest BCUT2D eigenvalue weighted by atomic mass is 9.94. The predicted octanol–water partition coefficient (Wildman–Crippen LogP) is 2.51. The van der Waals surface area contributed by atoms with E-state index in [0.717, 1.165) is 50.9 Å². The maximum Gasteiger partial charge on any atom is 0.409 e. The summed E-state index contributed by atoms with van der Waals surface area (Å²) < 4.78 is 5.08. The van der Waals surface area contributed by atoms with Crippen LogP contribution in [0, 0.1) is 5.92 Å². The zero-order valence-corrected chi connectivity index (χ0v) is 19.5. The lowest BCUT2D eigenvalue weighted by Gasteiger charge is -2.32. The van der Waals surface area contributed by atoms with E-state index in [1.54, 1.807) is 4.90 Å².